The summed E-state index contributed by atoms with van der Waals surface area (Å²) in [5.41, 5.74) is 2.20. The number of aromatic nitrogens is 4. The molecule has 0 saturated carbocycles. The first-order chi connectivity index (χ1) is 12.3. The molecule has 0 radical (unpaired) electrons. The van der Waals surface area contributed by atoms with E-state index in [0.717, 1.165) is 42.9 Å². The predicted octanol–water partition coefficient (Wildman–Crippen LogP) is 3.01. The lowest BCUT2D eigenvalue weighted by Crippen LogP contribution is -2.30. The summed E-state index contributed by atoms with van der Waals surface area (Å²) in [6.07, 6.45) is 6.59. The maximum Gasteiger partial charge on any atom is 0.226 e. The third-order valence-electron chi connectivity index (χ3n) is 4.77. The zero-order valence-electron chi connectivity index (χ0n) is 14.6. The molecule has 1 saturated heterocycles. The summed E-state index contributed by atoms with van der Waals surface area (Å²) >= 11 is 0. The summed E-state index contributed by atoms with van der Waals surface area (Å²) in [5.74, 6) is 1.70. The van der Waals surface area contributed by atoms with Gasteiger partial charge in [-0.05, 0) is 31.2 Å². The van der Waals surface area contributed by atoms with Crippen molar-refractivity contribution in [2.45, 2.75) is 25.7 Å². The molecule has 6 heteroatoms. The lowest BCUT2D eigenvalue weighted by molar-refractivity contribution is 0.574. The molecule has 0 aliphatic carbocycles. The van der Waals surface area contributed by atoms with Gasteiger partial charge >= 0.3 is 0 Å². The Balaban J connectivity index is 1.57. The van der Waals surface area contributed by atoms with Gasteiger partial charge in [-0.3, -0.25) is 4.68 Å². The number of anilines is 2. The van der Waals surface area contributed by atoms with E-state index in [2.05, 4.69) is 44.6 Å². The fourth-order valence-electron chi connectivity index (χ4n) is 3.40. The number of rotatable bonds is 5. The van der Waals surface area contributed by atoms with E-state index in [1.54, 1.807) is 0 Å². The molecular formula is C19H24N6. The first-order valence-corrected chi connectivity index (χ1v) is 9.04. The summed E-state index contributed by atoms with van der Waals surface area (Å²) in [6, 6.07) is 10.5. The van der Waals surface area contributed by atoms with Gasteiger partial charge in [-0.25, -0.2) is 0 Å². The Kier molecular flexibility index (Phi) is 4.50. The zero-order valence-corrected chi connectivity index (χ0v) is 14.6. The van der Waals surface area contributed by atoms with Gasteiger partial charge in [0.25, 0.3) is 0 Å². The van der Waals surface area contributed by atoms with E-state index in [-0.39, 0.29) is 0 Å². The molecule has 0 atom stereocenters. The van der Waals surface area contributed by atoms with Crippen LogP contribution in [0.1, 0.15) is 24.8 Å². The molecule has 130 valence electrons. The second kappa shape index (κ2) is 7.09. The topological polar surface area (TPSA) is 58.9 Å². The van der Waals surface area contributed by atoms with Crippen molar-refractivity contribution in [1.82, 2.24) is 19.7 Å². The lowest BCUT2D eigenvalue weighted by Gasteiger charge is -2.28. The molecule has 2 aromatic heterocycles. The quantitative estimate of drug-likeness (QED) is 0.776. The van der Waals surface area contributed by atoms with E-state index >= 15 is 0 Å². The molecule has 0 unspecified atom stereocenters. The van der Waals surface area contributed by atoms with Crippen molar-refractivity contribution in [1.29, 1.82) is 0 Å². The molecular weight excluding hydrogens is 312 g/mol. The minimum absolute atomic E-state index is 0.688. The standard InChI is InChI=1S/C19H24N6/c1-24-17-16(14-21-24)18(25-12-6-3-7-13-25)23-19(22-17)20-11-10-15-8-4-2-5-9-15/h2,4-5,8-9,14H,3,6-7,10-13H2,1H3,(H,20,22,23). The van der Waals surface area contributed by atoms with E-state index in [1.807, 2.05) is 24.0 Å². The fraction of sp³-hybridized carbons (Fsp3) is 0.421. The maximum absolute atomic E-state index is 4.82. The second-order valence-electron chi connectivity index (χ2n) is 6.59. The molecule has 4 rings (SSSR count). The van der Waals surface area contributed by atoms with Crippen molar-refractivity contribution in [3.63, 3.8) is 0 Å². The summed E-state index contributed by atoms with van der Waals surface area (Å²) in [7, 11) is 1.93. The second-order valence-corrected chi connectivity index (χ2v) is 6.59. The van der Waals surface area contributed by atoms with E-state index in [4.69, 9.17) is 4.98 Å². The van der Waals surface area contributed by atoms with Gasteiger partial charge in [0.05, 0.1) is 11.6 Å². The first-order valence-electron chi connectivity index (χ1n) is 9.04. The van der Waals surface area contributed by atoms with Crippen LogP contribution in [-0.2, 0) is 13.5 Å². The van der Waals surface area contributed by atoms with Gasteiger partial charge < -0.3 is 10.2 Å². The number of nitrogens with one attached hydrogen (secondary N) is 1. The first kappa shape index (κ1) is 15.9. The number of benzene rings is 1. The molecule has 6 nitrogen and oxygen atoms in total. The summed E-state index contributed by atoms with van der Waals surface area (Å²) < 4.78 is 1.83. The van der Waals surface area contributed by atoms with Crippen molar-refractivity contribution >= 4 is 22.8 Å². The number of hydrogen-bond acceptors (Lipinski definition) is 5. The van der Waals surface area contributed by atoms with Crippen LogP contribution in [0.15, 0.2) is 36.5 Å². The highest BCUT2D eigenvalue weighted by molar-refractivity contribution is 5.88. The number of aryl methyl sites for hydroxylation is 1. The van der Waals surface area contributed by atoms with Crippen molar-refractivity contribution in [2.75, 3.05) is 29.9 Å². The molecule has 1 aromatic carbocycles. The van der Waals surface area contributed by atoms with Crippen molar-refractivity contribution in [3.05, 3.63) is 42.1 Å². The average Bonchev–Trinajstić information content (AvgIpc) is 3.04. The molecule has 0 spiro atoms. The van der Waals surface area contributed by atoms with Gasteiger partial charge in [-0.1, -0.05) is 30.3 Å². The Morgan fingerprint density at radius 2 is 1.84 bits per heavy atom. The Bertz CT molecular complexity index is 836. The molecule has 0 amide bonds. The Hall–Kier alpha value is -2.63. The highest BCUT2D eigenvalue weighted by Gasteiger charge is 2.19. The summed E-state index contributed by atoms with van der Waals surface area (Å²) in [6.45, 7) is 2.93. The highest BCUT2D eigenvalue weighted by Crippen LogP contribution is 2.27. The van der Waals surface area contributed by atoms with Crippen molar-refractivity contribution < 1.29 is 0 Å². The average molecular weight is 336 g/mol. The van der Waals surface area contributed by atoms with Gasteiger partial charge in [0.2, 0.25) is 5.95 Å². The van der Waals surface area contributed by atoms with E-state index in [0.29, 0.717) is 5.95 Å². The highest BCUT2D eigenvalue weighted by atomic mass is 15.3. The van der Waals surface area contributed by atoms with Crippen LogP contribution in [0.3, 0.4) is 0 Å². The third kappa shape index (κ3) is 3.43. The monoisotopic (exact) mass is 336 g/mol. The molecule has 1 aliphatic rings. The Morgan fingerprint density at radius 1 is 1.04 bits per heavy atom. The van der Waals surface area contributed by atoms with E-state index in [1.165, 1.54) is 24.8 Å². The zero-order chi connectivity index (χ0) is 17.1. The summed E-state index contributed by atoms with van der Waals surface area (Å²) in [4.78, 5) is 11.9. The van der Waals surface area contributed by atoms with Gasteiger partial charge in [-0.2, -0.15) is 15.1 Å². The number of hydrogen-bond donors (Lipinski definition) is 1. The maximum atomic E-state index is 4.82. The molecule has 1 N–H and O–H groups in total. The number of fused-ring (bicyclic) bond motifs is 1. The van der Waals surface area contributed by atoms with Crippen molar-refractivity contribution in [3.8, 4) is 0 Å². The van der Waals surface area contributed by atoms with Crippen LogP contribution in [0, 0.1) is 0 Å². The third-order valence-corrected chi connectivity index (χ3v) is 4.77. The molecule has 3 heterocycles. The smallest absolute Gasteiger partial charge is 0.226 e. The van der Waals surface area contributed by atoms with Crippen molar-refractivity contribution in [2.24, 2.45) is 7.05 Å². The van der Waals surface area contributed by atoms with E-state index in [9.17, 15) is 0 Å². The summed E-state index contributed by atoms with van der Waals surface area (Å²) in [5, 5.41) is 8.81. The Morgan fingerprint density at radius 3 is 2.64 bits per heavy atom. The molecule has 1 aliphatic heterocycles. The SMILES string of the molecule is Cn1ncc2c(N3CCCCC3)nc(NCCc3ccccc3)nc21. The molecule has 25 heavy (non-hydrogen) atoms. The lowest BCUT2D eigenvalue weighted by atomic mass is 10.1. The predicted molar refractivity (Wildman–Crippen MR) is 101 cm³/mol. The molecule has 3 aromatic rings. The van der Waals surface area contributed by atoms with E-state index < -0.39 is 0 Å². The number of piperidine rings is 1. The Labute approximate surface area is 147 Å². The normalized spacial score (nSPS) is 14.8. The van der Waals surface area contributed by atoms with Crippen LogP contribution in [0.4, 0.5) is 11.8 Å². The van der Waals surface area contributed by atoms with Crippen LogP contribution in [0.5, 0.6) is 0 Å². The van der Waals surface area contributed by atoms with Crippen LogP contribution in [0.25, 0.3) is 11.0 Å². The van der Waals surface area contributed by atoms with Gasteiger partial charge in [0.1, 0.15) is 5.82 Å². The minimum Gasteiger partial charge on any atom is -0.356 e. The van der Waals surface area contributed by atoms with Crippen LogP contribution in [-0.4, -0.2) is 39.4 Å². The van der Waals surface area contributed by atoms with Gasteiger partial charge in [0.15, 0.2) is 5.65 Å². The molecule has 0 bridgehead atoms. The van der Waals surface area contributed by atoms with Crippen LogP contribution >= 0.6 is 0 Å². The van der Waals surface area contributed by atoms with Crippen LogP contribution < -0.4 is 10.2 Å². The largest absolute Gasteiger partial charge is 0.356 e. The van der Waals surface area contributed by atoms with Gasteiger partial charge in [-0.15, -0.1) is 0 Å². The fourth-order valence-corrected chi connectivity index (χ4v) is 3.40. The minimum atomic E-state index is 0.688. The van der Waals surface area contributed by atoms with Gasteiger partial charge in [0, 0.05) is 26.7 Å². The molecule has 1 fully saturated rings. The van der Waals surface area contributed by atoms with Crippen LogP contribution in [0.2, 0.25) is 0 Å². The number of nitrogens with zero attached hydrogens (tertiary/aromatic N) is 5.